The molecule has 2 aliphatic heterocycles. The first-order valence-electron chi connectivity index (χ1n) is 21.1. The van der Waals surface area contributed by atoms with Crippen LogP contribution < -0.4 is 5.32 Å². The third-order valence-electron chi connectivity index (χ3n) is 12.4. The van der Waals surface area contributed by atoms with Crippen molar-refractivity contribution in [2.45, 2.75) is 105 Å². The lowest BCUT2D eigenvalue weighted by Crippen LogP contribution is -2.57. The molecule has 9 atom stereocenters. The molecule has 2 saturated heterocycles. The minimum absolute atomic E-state index is 0.0410. The van der Waals surface area contributed by atoms with Crippen LogP contribution in [0.15, 0.2) is 109 Å². The average Bonchev–Trinajstić information content (AvgIpc) is 3.62. The molecule has 13 nitrogen and oxygen atoms in total. The van der Waals surface area contributed by atoms with Gasteiger partial charge in [-0.25, -0.2) is 4.79 Å². The lowest BCUT2D eigenvalue weighted by molar-refractivity contribution is -0.283. The highest BCUT2D eigenvalue weighted by molar-refractivity contribution is 5.79. The van der Waals surface area contributed by atoms with Crippen LogP contribution in [0, 0.1) is 0 Å². The summed E-state index contributed by atoms with van der Waals surface area (Å²) in [6, 6.07) is 34.6. The van der Waals surface area contributed by atoms with Gasteiger partial charge in [-0.3, -0.25) is 4.90 Å². The number of carbonyl (C=O) groups is 1. The van der Waals surface area contributed by atoms with Crippen LogP contribution in [0.3, 0.4) is 0 Å². The molecule has 0 radical (unpaired) electrons. The Morgan fingerprint density at radius 2 is 1.23 bits per heavy atom. The lowest BCUT2D eigenvalue weighted by atomic mass is 9.89. The van der Waals surface area contributed by atoms with Gasteiger partial charge in [0.2, 0.25) is 0 Å². The second-order valence-electron chi connectivity index (χ2n) is 16.4. The third-order valence-corrected chi connectivity index (χ3v) is 12.4. The number of rotatable bonds is 14. The largest absolute Gasteiger partial charge is 0.449 e. The molecule has 1 amide bonds. The fourth-order valence-corrected chi connectivity index (χ4v) is 9.17. The average molecular weight is 825 g/mol. The quantitative estimate of drug-likeness (QED) is 0.105. The van der Waals surface area contributed by atoms with Gasteiger partial charge in [-0.2, -0.15) is 0 Å². The van der Waals surface area contributed by atoms with Crippen molar-refractivity contribution in [2.75, 3.05) is 32.9 Å². The molecular formula is C47H56N2O11. The number of aliphatic hydroxyl groups excluding tert-OH is 5. The molecule has 60 heavy (non-hydrogen) atoms. The number of hydrogen-bond donors (Lipinski definition) is 6. The fraction of sp³-hybridized carbons (Fsp3) is 0.468. The Kier molecular flexibility index (Phi) is 13.9. The Morgan fingerprint density at radius 3 is 1.85 bits per heavy atom. The van der Waals surface area contributed by atoms with Crippen LogP contribution in [0.5, 0.6) is 0 Å². The highest BCUT2D eigenvalue weighted by Crippen LogP contribution is 2.44. The number of carbonyl (C=O) groups excluding carboxylic acids is 1. The van der Waals surface area contributed by atoms with Crippen LogP contribution >= 0.6 is 0 Å². The van der Waals surface area contributed by atoms with Crippen LogP contribution in [-0.4, -0.2) is 124 Å². The highest BCUT2D eigenvalue weighted by atomic mass is 16.7. The standard InChI is InChI=1S/C47H56N2O11/c50-38(42(53)41-23-24-56-45(59-41)29-11-3-1-4-12-29)25-49(26-39(51)43(54)44-40(52)28-57-46(60-44)30-13-5-2-6-14-30)32-21-19-31(20-22-32)48-47(55)58-27-37-35-17-9-7-15-33(35)34-16-8-10-18-36(34)37/h1-18,31-32,37-46,50-54H,19-28H2,(H,48,55)/t31-,32+,38-,39-,40+,41?,42+,43+,44+,45?,46?/m0/s1. The van der Waals surface area contributed by atoms with Gasteiger partial charge in [0.15, 0.2) is 12.6 Å². The van der Waals surface area contributed by atoms with E-state index >= 15 is 0 Å². The fourth-order valence-electron chi connectivity index (χ4n) is 9.17. The summed E-state index contributed by atoms with van der Waals surface area (Å²) in [6.45, 7) is 0.314. The molecule has 2 heterocycles. The second kappa shape index (κ2) is 19.6. The van der Waals surface area contributed by atoms with Crippen LogP contribution in [0.4, 0.5) is 4.79 Å². The number of nitrogens with zero attached hydrogens (tertiary/aromatic N) is 1. The first kappa shape index (κ1) is 42.4. The molecule has 1 saturated carbocycles. The Hall–Kier alpha value is -4.25. The zero-order chi connectivity index (χ0) is 41.6. The first-order chi connectivity index (χ1) is 29.2. The molecular weight excluding hydrogens is 769 g/mol. The molecule has 0 spiro atoms. The van der Waals surface area contributed by atoms with Crippen molar-refractivity contribution in [3.63, 3.8) is 0 Å². The summed E-state index contributed by atoms with van der Waals surface area (Å²) < 4.78 is 29.5. The van der Waals surface area contributed by atoms with Crippen molar-refractivity contribution in [1.29, 1.82) is 0 Å². The SMILES string of the molecule is O=C(N[C@H]1CC[C@@H](N(C[C@H](O)[C@@H](O)[C@@H]2OC(c3ccccc3)OC[C@H]2O)C[C@H](O)[C@@H](O)C2CCOC(c3ccccc3)O2)CC1)OCC1c2ccccc2-c2ccccc21. The van der Waals surface area contributed by atoms with Gasteiger partial charge in [-0.1, -0.05) is 109 Å². The third kappa shape index (κ3) is 9.77. The van der Waals surface area contributed by atoms with Crippen molar-refractivity contribution < 1.29 is 54.0 Å². The lowest BCUT2D eigenvalue weighted by Gasteiger charge is -2.42. The number of fused-ring (bicyclic) bond motifs is 3. The smallest absolute Gasteiger partial charge is 0.407 e. The predicted octanol–water partition coefficient (Wildman–Crippen LogP) is 4.56. The molecule has 0 aromatic heterocycles. The van der Waals surface area contributed by atoms with Gasteiger partial charge in [0.1, 0.15) is 31.0 Å². The van der Waals surface area contributed by atoms with Crippen LogP contribution in [-0.2, 0) is 23.7 Å². The number of nitrogens with one attached hydrogen (secondary N) is 1. The molecule has 13 heteroatoms. The molecule has 0 bridgehead atoms. The van der Waals surface area contributed by atoms with Crippen molar-refractivity contribution in [2.24, 2.45) is 0 Å². The van der Waals surface area contributed by atoms with Crippen molar-refractivity contribution >= 4 is 6.09 Å². The monoisotopic (exact) mass is 824 g/mol. The van der Waals surface area contributed by atoms with E-state index < -0.39 is 61.4 Å². The van der Waals surface area contributed by atoms with E-state index in [0.717, 1.165) is 27.8 Å². The van der Waals surface area contributed by atoms with E-state index in [4.69, 9.17) is 23.7 Å². The molecule has 2 aliphatic carbocycles. The number of amides is 1. The summed E-state index contributed by atoms with van der Waals surface area (Å²) in [6.07, 6.45) is -7.77. The maximum Gasteiger partial charge on any atom is 0.407 e. The van der Waals surface area contributed by atoms with E-state index in [2.05, 4.69) is 29.6 Å². The Morgan fingerprint density at radius 1 is 0.683 bits per heavy atom. The van der Waals surface area contributed by atoms with Crippen molar-refractivity contribution in [1.82, 2.24) is 10.2 Å². The Labute approximate surface area is 350 Å². The van der Waals surface area contributed by atoms with E-state index in [1.165, 1.54) is 0 Å². The molecule has 320 valence electrons. The number of hydrogen-bond acceptors (Lipinski definition) is 12. The summed E-state index contributed by atoms with van der Waals surface area (Å²) >= 11 is 0. The van der Waals surface area contributed by atoms with Gasteiger partial charge in [0.25, 0.3) is 0 Å². The Balaban J connectivity index is 0.902. The summed E-state index contributed by atoms with van der Waals surface area (Å²) in [4.78, 5) is 15.1. The molecule has 4 aromatic rings. The summed E-state index contributed by atoms with van der Waals surface area (Å²) in [7, 11) is 0. The molecule has 4 aromatic carbocycles. The number of benzene rings is 4. The predicted molar refractivity (Wildman–Crippen MR) is 220 cm³/mol. The normalized spacial score (nSPS) is 27.6. The van der Waals surface area contributed by atoms with Crippen LogP contribution in [0.1, 0.15) is 72.9 Å². The summed E-state index contributed by atoms with van der Waals surface area (Å²) in [5.74, 6) is -0.0522. The molecule has 8 rings (SSSR count). The maximum atomic E-state index is 13.2. The van der Waals surface area contributed by atoms with Gasteiger partial charge >= 0.3 is 6.09 Å². The molecule has 3 unspecified atom stereocenters. The van der Waals surface area contributed by atoms with E-state index in [1.54, 1.807) is 0 Å². The second-order valence-corrected chi connectivity index (χ2v) is 16.4. The topological polar surface area (TPSA) is 180 Å². The van der Waals surface area contributed by atoms with Gasteiger partial charge in [-0.15, -0.1) is 0 Å². The first-order valence-corrected chi connectivity index (χ1v) is 21.1. The summed E-state index contributed by atoms with van der Waals surface area (Å²) in [5.41, 5.74) is 6.11. The molecule has 6 N–H and O–H groups in total. The van der Waals surface area contributed by atoms with E-state index in [1.807, 2.05) is 89.8 Å². The van der Waals surface area contributed by atoms with Gasteiger partial charge in [-0.05, 0) is 54.4 Å². The number of ether oxygens (including phenoxy) is 5. The Bertz CT molecular complexity index is 1940. The summed E-state index contributed by atoms with van der Waals surface area (Å²) in [5, 5.41) is 59.9. The van der Waals surface area contributed by atoms with E-state index in [9.17, 15) is 30.3 Å². The van der Waals surface area contributed by atoms with Crippen molar-refractivity contribution in [3.8, 4) is 11.1 Å². The zero-order valence-corrected chi connectivity index (χ0v) is 33.5. The van der Waals surface area contributed by atoms with Crippen LogP contribution in [0.2, 0.25) is 0 Å². The molecule has 3 fully saturated rings. The molecule has 4 aliphatic rings. The van der Waals surface area contributed by atoms with E-state index in [-0.39, 0.29) is 44.3 Å². The number of alkyl carbamates (subject to hydrolysis) is 1. The van der Waals surface area contributed by atoms with Gasteiger partial charge < -0.3 is 54.5 Å². The number of aliphatic hydroxyl groups is 5. The maximum absolute atomic E-state index is 13.2. The highest BCUT2D eigenvalue weighted by Gasteiger charge is 2.42. The minimum Gasteiger partial charge on any atom is -0.449 e. The zero-order valence-electron chi connectivity index (χ0n) is 33.5. The van der Waals surface area contributed by atoms with Crippen LogP contribution in [0.25, 0.3) is 11.1 Å². The van der Waals surface area contributed by atoms with Gasteiger partial charge in [0.05, 0.1) is 31.5 Å². The van der Waals surface area contributed by atoms with Crippen molar-refractivity contribution in [3.05, 3.63) is 131 Å². The minimum atomic E-state index is -1.50. The van der Waals surface area contributed by atoms with Gasteiger partial charge in [0, 0.05) is 42.2 Å². The van der Waals surface area contributed by atoms with E-state index in [0.29, 0.717) is 44.3 Å².